The van der Waals surface area contributed by atoms with Crippen LogP contribution in [0, 0.1) is 0 Å². The van der Waals surface area contributed by atoms with Gasteiger partial charge in [-0.05, 0) is 34.5 Å². The number of carbonyl (C=O) groups is 1. The number of Topliss-reactive ketones (excluding diaryl/α,β-unsaturated/α-hetero) is 1. The molecule has 0 fully saturated rings. The minimum Gasteiger partial charge on any atom is -0.462 e. The second kappa shape index (κ2) is 5.61. The van der Waals surface area contributed by atoms with Crippen molar-refractivity contribution in [2.45, 2.75) is 11.8 Å². The van der Waals surface area contributed by atoms with Gasteiger partial charge in [-0.15, -0.1) is 0 Å². The maximum atomic E-state index is 12.0. The number of hydrogen-bond acceptors (Lipinski definition) is 2. The van der Waals surface area contributed by atoms with E-state index in [0.717, 1.165) is 5.56 Å². The molecule has 0 bridgehead atoms. The molecule has 15 heavy (non-hydrogen) atoms. The Morgan fingerprint density at radius 2 is 2.27 bits per heavy atom. The lowest BCUT2D eigenvalue weighted by atomic mass is 10.1. The molecule has 1 atom stereocenters. The Morgan fingerprint density at radius 3 is 2.80 bits per heavy atom. The Kier molecular flexibility index (Phi) is 4.73. The fourth-order valence-corrected chi connectivity index (χ4v) is 2.41. The third-order valence-corrected chi connectivity index (χ3v) is 3.82. The molecule has 1 unspecified atom stereocenters. The molecule has 0 saturated carbocycles. The van der Waals surface area contributed by atoms with Gasteiger partial charge in [0.05, 0.1) is 9.30 Å². The van der Waals surface area contributed by atoms with Gasteiger partial charge in [-0.1, -0.05) is 28.1 Å². The summed E-state index contributed by atoms with van der Waals surface area (Å²) in [6.07, 6.45) is 0. The van der Waals surface area contributed by atoms with Crippen LogP contribution >= 0.6 is 31.9 Å². The number of hydrogen-bond donors (Lipinski definition) is 0. The summed E-state index contributed by atoms with van der Waals surface area (Å²) < 4.78 is 17.4. The SMILES string of the molecule is CC(=O)C(Br)c1cccc(OCF)c1Br. The van der Waals surface area contributed by atoms with Crippen LogP contribution in [-0.2, 0) is 4.79 Å². The van der Waals surface area contributed by atoms with Gasteiger partial charge in [0.1, 0.15) is 11.5 Å². The summed E-state index contributed by atoms with van der Waals surface area (Å²) in [7, 11) is 0. The topological polar surface area (TPSA) is 26.3 Å². The lowest BCUT2D eigenvalue weighted by Crippen LogP contribution is -2.03. The molecule has 0 aromatic heterocycles. The van der Waals surface area contributed by atoms with Gasteiger partial charge in [0.25, 0.3) is 0 Å². The van der Waals surface area contributed by atoms with Gasteiger partial charge in [0, 0.05) is 0 Å². The molecule has 1 aromatic rings. The summed E-state index contributed by atoms with van der Waals surface area (Å²) in [5, 5.41) is 0. The highest BCUT2D eigenvalue weighted by molar-refractivity contribution is 9.11. The zero-order chi connectivity index (χ0) is 11.4. The molecule has 0 N–H and O–H groups in total. The van der Waals surface area contributed by atoms with Gasteiger partial charge in [0.15, 0.2) is 0 Å². The van der Waals surface area contributed by atoms with Crippen LogP contribution in [0.1, 0.15) is 17.3 Å². The number of ether oxygens (including phenoxy) is 1. The van der Waals surface area contributed by atoms with Crippen LogP contribution in [0.25, 0.3) is 0 Å². The first-order valence-corrected chi connectivity index (χ1v) is 5.90. The standard InChI is InChI=1S/C10H9Br2FO2/c1-6(14)9(11)7-3-2-4-8(10(7)12)15-5-13/h2-4,9H,5H2,1H3. The molecule has 1 aromatic carbocycles. The molecular weight excluding hydrogens is 331 g/mol. The van der Waals surface area contributed by atoms with Crippen molar-refractivity contribution in [3.8, 4) is 5.75 Å². The highest BCUT2D eigenvalue weighted by Gasteiger charge is 2.17. The second-order valence-corrected chi connectivity index (χ2v) is 4.59. The first-order valence-electron chi connectivity index (χ1n) is 4.19. The Labute approximate surface area is 104 Å². The van der Waals surface area contributed by atoms with E-state index in [0.29, 0.717) is 10.2 Å². The van der Waals surface area contributed by atoms with Gasteiger partial charge in [-0.25, -0.2) is 4.39 Å². The van der Waals surface area contributed by atoms with Crippen molar-refractivity contribution < 1.29 is 13.9 Å². The summed E-state index contributed by atoms with van der Waals surface area (Å²) >= 11 is 6.53. The fourth-order valence-electron chi connectivity index (χ4n) is 1.11. The zero-order valence-corrected chi connectivity index (χ0v) is 11.1. The van der Waals surface area contributed by atoms with E-state index < -0.39 is 11.7 Å². The molecule has 0 saturated heterocycles. The molecule has 0 aliphatic rings. The zero-order valence-electron chi connectivity index (χ0n) is 7.97. The Morgan fingerprint density at radius 1 is 1.60 bits per heavy atom. The minimum absolute atomic E-state index is 0.0203. The van der Waals surface area contributed by atoms with Crippen molar-refractivity contribution in [2.75, 3.05) is 6.86 Å². The maximum absolute atomic E-state index is 12.0. The predicted molar refractivity (Wildman–Crippen MR) is 63.1 cm³/mol. The first kappa shape index (κ1) is 12.6. The van der Waals surface area contributed by atoms with Crippen molar-refractivity contribution in [1.82, 2.24) is 0 Å². The number of alkyl halides is 2. The summed E-state index contributed by atoms with van der Waals surface area (Å²) in [6, 6.07) is 5.12. The summed E-state index contributed by atoms with van der Waals surface area (Å²) in [4.78, 5) is 10.8. The molecule has 0 spiro atoms. The van der Waals surface area contributed by atoms with E-state index in [1.807, 2.05) is 0 Å². The lowest BCUT2D eigenvalue weighted by molar-refractivity contribution is -0.116. The molecular formula is C10H9Br2FO2. The molecule has 5 heteroatoms. The molecule has 0 aliphatic carbocycles. The van der Waals surface area contributed by atoms with Gasteiger partial charge in [-0.3, -0.25) is 4.79 Å². The van der Waals surface area contributed by atoms with Crippen LogP contribution in [0.3, 0.4) is 0 Å². The summed E-state index contributed by atoms with van der Waals surface area (Å²) in [6.45, 7) is 0.587. The maximum Gasteiger partial charge on any atom is 0.228 e. The van der Waals surface area contributed by atoms with E-state index in [1.165, 1.54) is 6.92 Å². The van der Waals surface area contributed by atoms with E-state index in [9.17, 15) is 9.18 Å². The molecule has 0 heterocycles. The molecule has 0 radical (unpaired) electrons. The van der Waals surface area contributed by atoms with Crippen LogP contribution in [0.15, 0.2) is 22.7 Å². The molecule has 0 amide bonds. The lowest BCUT2D eigenvalue weighted by Gasteiger charge is -2.12. The third kappa shape index (κ3) is 3.01. The van der Waals surface area contributed by atoms with Crippen LogP contribution in [0.2, 0.25) is 0 Å². The second-order valence-electron chi connectivity index (χ2n) is 2.89. The average Bonchev–Trinajstić information content (AvgIpc) is 2.20. The minimum atomic E-state index is -0.894. The number of benzene rings is 1. The van der Waals surface area contributed by atoms with Gasteiger partial charge in [0.2, 0.25) is 6.86 Å². The molecule has 1 rings (SSSR count). The van der Waals surface area contributed by atoms with Crippen LogP contribution in [0.5, 0.6) is 5.75 Å². The van der Waals surface area contributed by atoms with Crippen LogP contribution in [0.4, 0.5) is 4.39 Å². The fraction of sp³-hybridized carbons (Fsp3) is 0.300. The van der Waals surface area contributed by atoms with E-state index in [-0.39, 0.29) is 5.78 Å². The van der Waals surface area contributed by atoms with Gasteiger partial charge >= 0.3 is 0 Å². The highest BCUT2D eigenvalue weighted by atomic mass is 79.9. The summed E-state index contributed by atoms with van der Waals surface area (Å²) in [5.74, 6) is 0.369. The van der Waals surface area contributed by atoms with E-state index >= 15 is 0 Å². The summed E-state index contributed by atoms with van der Waals surface area (Å²) in [5.41, 5.74) is 0.730. The van der Waals surface area contributed by atoms with E-state index in [1.54, 1.807) is 18.2 Å². The average molecular weight is 340 g/mol. The third-order valence-electron chi connectivity index (χ3n) is 1.83. The Balaban J connectivity index is 3.08. The van der Waals surface area contributed by atoms with Gasteiger partial charge in [-0.2, -0.15) is 0 Å². The van der Waals surface area contributed by atoms with Crippen molar-refractivity contribution in [3.05, 3.63) is 28.2 Å². The largest absolute Gasteiger partial charge is 0.462 e. The van der Waals surface area contributed by atoms with E-state index in [4.69, 9.17) is 4.74 Å². The highest BCUT2D eigenvalue weighted by Crippen LogP contribution is 2.36. The van der Waals surface area contributed by atoms with Gasteiger partial charge < -0.3 is 4.74 Å². The number of carbonyl (C=O) groups excluding carboxylic acids is 1. The molecule has 2 nitrogen and oxygen atoms in total. The van der Waals surface area contributed by atoms with Crippen molar-refractivity contribution in [1.29, 1.82) is 0 Å². The van der Waals surface area contributed by atoms with Crippen LogP contribution in [-0.4, -0.2) is 12.6 Å². The smallest absolute Gasteiger partial charge is 0.228 e. The van der Waals surface area contributed by atoms with Crippen LogP contribution < -0.4 is 4.74 Å². The predicted octanol–water partition coefficient (Wildman–Crippen LogP) is 3.78. The number of ketones is 1. The van der Waals surface area contributed by atoms with Crippen molar-refractivity contribution in [2.24, 2.45) is 0 Å². The normalized spacial score (nSPS) is 12.3. The molecule has 0 aliphatic heterocycles. The quantitative estimate of drug-likeness (QED) is 0.780. The Hall–Kier alpha value is -0.420. The number of halogens is 3. The Bertz CT molecular complexity index is 368. The van der Waals surface area contributed by atoms with E-state index in [2.05, 4.69) is 31.9 Å². The molecule has 82 valence electrons. The monoisotopic (exact) mass is 338 g/mol. The van der Waals surface area contributed by atoms with Crippen molar-refractivity contribution in [3.63, 3.8) is 0 Å². The first-order chi connectivity index (χ1) is 7.07. The number of rotatable bonds is 4. The van der Waals surface area contributed by atoms with Crippen molar-refractivity contribution >= 4 is 37.6 Å².